The lowest BCUT2D eigenvalue weighted by Crippen LogP contribution is -2.31. The summed E-state index contributed by atoms with van der Waals surface area (Å²) < 4.78 is 3.39. The molecule has 0 amide bonds. The highest BCUT2D eigenvalue weighted by atomic mass is 16.1. The second kappa shape index (κ2) is 6.83. The van der Waals surface area contributed by atoms with Crippen LogP contribution in [0.15, 0.2) is 47.9 Å². The minimum atomic E-state index is -0.195. The van der Waals surface area contributed by atoms with Crippen molar-refractivity contribution in [2.24, 2.45) is 18.9 Å². The molecular formula is C19H22N8O. The molecule has 0 radical (unpaired) electrons. The van der Waals surface area contributed by atoms with Crippen molar-refractivity contribution < 1.29 is 0 Å². The summed E-state index contributed by atoms with van der Waals surface area (Å²) in [5.41, 5.74) is 0.816. The van der Waals surface area contributed by atoms with Crippen molar-refractivity contribution in [3.8, 4) is 5.82 Å². The van der Waals surface area contributed by atoms with Crippen LogP contribution in [0.4, 0.5) is 5.82 Å². The molecule has 3 aromatic heterocycles. The summed E-state index contributed by atoms with van der Waals surface area (Å²) in [7, 11) is 1.79. The largest absolute Gasteiger partial charge is 0.356 e. The molecule has 5 rings (SSSR count). The number of hydrogen-bond acceptors (Lipinski definition) is 7. The van der Waals surface area contributed by atoms with Gasteiger partial charge in [-0.15, -0.1) is 0 Å². The van der Waals surface area contributed by atoms with E-state index in [-0.39, 0.29) is 5.69 Å². The molecule has 0 aromatic carbocycles. The number of anilines is 1. The number of aromatic nitrogens is 6. The summed E-state index contributed by atoms with van der Waals surface area (Å²) in [4.78, 5) is 29.1. The molecule has 0 N–H and O–H groups in total. The van der Waals surface area contributed by atoms with Crippen LogP contribution in [0.5, 0.6) is 0 Å². The summed E-state index contributed by atoms with van der Waals surface area (Å²) in [6, 6.07) is 5.81. The second-order valence-electron chi connectivity index (χ2n) is 7.58. The molecule has 2 aliphatic heterocycles. The number of fused-ring (bicyclic) bond motifs is 1. The van der Waals surface area contributed by atoms with Crippen LogP contribution in [0.3, 0.4) is 0 Å². The normalized spacial score (nSPS) is 22.0. The van der Waals surface area contributed by atoms with Crippen molar-refractivity contribution in [2.75, 3.05) is 31.1 Å². The number of hydrogen-bond donors (Lipinski definition) is 0. The summed E-state index contributed by atoms with van der Waals surface area (Å²) >= 11 is 0. The smallest absolute Gasteiger partial charge is 0.347 e. The first-order valence-corrected chi connectivity index (χ1v) is 9.47. The third-order valence-electron chi connectivity index (χ3n) is 5.82. The highest BCUT2D eigenvalue weighted by molar-refractivity contribution is 5.44. The summed E-state index contributed by atoms with van der Waals surface area (Å²) in [6.07, 6.45) is 6.84. The Morgan fingerprint density at radius 1 is 1.04 bits per heavy atom. The molecule has 0 bridgehead atoms. The number of nitrogens with zero attached hydrogens (tertiary/aromatic N) is 8. The van der Waals surface area contributed by atoms with Gasteiger partial charge in [0.05, 0.1) is 0 Å². The average Bonchev–Trinajstić information content (AvgIpc) is 3.42. The maximum absolute atomic E-state index is 11.7. The molecule has 2 saturated heterocycles. The Morgan fingerprint density at radius 2 is 1.82 bits per heavy atom. The Hall–Kier alpha value is -3.07. The van der Waals surface area contributed by atoms with Gasteiger partial charge >= 0.3 is 5.69 Å². The Kier molecular flexibility index (Phi) is 4.16. The SMILES string of the molecule is Cn1c(CN2CC3CN(c4cc(-n5cccn5)ncn4)CC3C2)ccnc1=O. The fourth-order valence-corrected chi connectivity index (χ4v) is 4.34. The maximum atomic E-state index is 11.7. The van der Waals surface area contributed by atoms with Crippen LogP contribution < -0.4 is 10.6 Å². The van der Waals surface area contributed by atoms with E-state index in [2.05, 4.69) is 29.9 Å². The quantitative estimate of drug-likeness (QED) is 0.646. The zero-order valence-electron chi connectivity index (χ0n) is 15.7. The van der Waals surface area contributed by atoms with Crippen molar-refractivity contribution in [1.29, 1.82) is 0 Å². The first-order valence-electron chi connectivity index (χ1n) is 9.47. The van der Waals surface area contributed by atoms with Crippen LogP contribution >= 0.6 is 0 Å². The van der Waals surface area contributed by atoms with Gasteiger partial charge < -0.3 is 4.90 Å². The van der Waals surface area contributed by atoms with Crippen LogP contribution in [0.1, 0.15) is 5.69 Å². The molecule has 9 heteroatoms. The lowest BCUT2D eigenvalue weighted by atomic mass is 10.0. The summed E-state index contributed by atoms with van der Waals surface area (Å²) in [6.45, 7) is 4.85. The Balaban J connectivity index is 1.26. The molecule has 9 nitrogen and oxygen atoms in total. The topological polar surface area (TPSA) is 85.0 Å². The van der Waals surface area contributed by atoms with Gasteiger partial charge in [-0.25, -0.2) is 24.4 Å². The fourth-order valence-electron chi connectivity index (χ4n) is 4.34. The van der Waals surface area contributed by atoms with Gasteiger partial charge in [0.25, 0.3) is 0 Å². The minimum absolute atomic E-state index is 0.195. The van der Waals surface area contributed by atoms with Crippen LogP contribution in [0, 0.1) is 11.8 Å². The predicted octanol–water partition coefficient (Wildman–Crippen LogP) is 0.324. The molecule has 2 unspecified atom stereocenters. The third-order valence-corrected chi connectivity index (χ3v) is 5.82. The third kappa shape index (κ3) is 3.07. The number of likely N-dealkylation sites (tertiary alicyclic amines) is 1. The van der Waals surface area contributed by atoms with E-state index >= 15 is 0 Å². The fraction of sp³-hybridized carbons (Fsp3) is 0.421. The van der Waals surface area contributed by atoms with Gasteiger partial charge in [0.15, 0.2) is 5.82 Å². The van der Waals surface area contributed by atoms with Gasteiger partial charge in [-0.1, -0.05) is 0 Å². The molecule has 3 aromatic rings. The van der Waals surface area contributed by atoms with Gasteiger partial charge in [-0.3, -0.25) is 9.47 Å². The van der Waals surface area contributed by atoms with E-state index < -0.39 is 0 Å². The van der Waals surface area contributed by atoms with Crippen LogP contribution in [0.25, 0.3) is 5.82 Å². The molecule has 2 atom stereocenters. The summed E-state index contributed by atoms with van der Waals surface area (Å²) in [5.74, 6) is 2.97. The van der Waals surface area contributed by atoms with Crippen molar-refractivity contribution >= 4 is 5.82 Å². The van der Waals surface area contributed by atoms with E-state index in [4.69, 9.17) is 0 Å². The Labute approximate surface area is 162 Å². The Morgan fingerprint density at radius 3 is 2.57 bits per heavy atom. The number of rotatable bonds is 4. The van der Waals surface area contributed by atoms with Gasteiger partial charge in [0, 0.05) is 70.1 Å². The lowest BCUT2D eigenvalue weighted by molar-refractivity contribution is 0.300. The minimum Gasteiger partial charge on any atom is -0.356 e. The van der Waals surface area contributed by atoms with Crippen molar-refractivity contribution in [3.63, 3.8) is 0 Å². The summed E-state index contributed by atoms with van der Waals surface area (Å²) in [5, 5.41) is 4.25. The molecule has 28 heavy (non-hydrogen) atoms. The highest BCUT2D eigenvalue weighted by Gasteiger charge is 2.40. The van der Waals surface area contributed by atoms with Crippen LogP contribution in [-0.4, -0.2) is 60.4 Å². The van der Waals surface area contributed by atoms with Gasteiger partial charge in [0.1, 0.15) is 12.1 Å². The zero-order chi connectivity index (χ0) is 19.1. The van der Waals surface area contributed by atoms with E-state index in [1.54, 1.807) is 35.0 Å². The first-order chi connectivity index (χ1) is 13.7. The van der Waals surface area contributed by atoms with Gasteiger partial charge in [-0.2, -0.15) is 5.10 Å². The molecule has 5 heterocycles. The van der Waals surface area contributed by atoms with Crippen LogP contribution in [0.2, 0.25) is 0 Å². The van der Waals surface area contributed by atoms with E-state index in [1.807, 2.05) is 24.4 Å². The van der Waals surface area contributed by atoms with Crippen molar-refractivity contribution in [1.82, 2.24) is 34.2 Å². The van der Waals surface area contributed by atoms with E-state index in [1.165, 1.54) is 0 Å². The molecular weight excluding hydrogens is 356 g/mol. The van der Waals surface area contributed by atoms with Crippen molar-refractivity contribution in [3.05, 3.63) is 59.3 Å². The highest BCUT2D eigenvalue weighted by Crippen LogP contribution is 2.34. The van der Waals surface area contributed by atoms with Gasteiger partial charge in [-0.05, 0) is 24.0 Å². The average molecular weight is 378 g/mol. The zero-order valence-corrected chi connectivity index (χ0v) is 15.7. The maximum Gasteiger partial charge on any atom is 0.347 e. The standard InChI is InChI=1S/C19H22N8O/c1-24-16(3-5-20-19(24)28)12-25-8-14-10-26(11-15(14)9-25)17-7-18(22-13-21-17)27-6-2-4-23-27/h2-7,13-15H,8-12H2,1H3. The van der Waals surface area contributed by atoms with E-state index in [0.717, 1.165) is 50.1 Å². The second-order valence-corrected chi connectivity index (χ2v) is 7.58. The molecule has 0 saturated carbocycles. The van der Waals surface area contributed by atoms with E-state index in [9.17, 15) is 4.79 Å². The van der Waals surface area contributed by atoms with E-state index in [0.29, 0.717) is 11.8 Å². The Bertz CT molecular complexity index is 1020. The molecule has 0 spiro atoms. The lowest BCUT2D eigenvalue weighted by Gasteiger charge is -2.23. The first kappa shape index (κ1) is 17.1. The molecule has 0 aliphatic carbocycles. The van der Waals surface area contributed by atoms with Gasteiger partial charge in [0.2, 0.25) is 0 Å². The molecule has 2 aliphatic rings. The van der Waals surface area contributed by atoms with Crippen molar-refractivity contribution in [2.45, 2.75) is 6.54 Å². The predicted molar refractivity (Wildman–Crippen MR) is 103 cm³/mol. The molecule has 144 valence electrons. The monoisotopic (exact) mass is 378 g/mol. The van der Waals surface area contributed by atoms with Crippen LogP contribution in [-0.2, 0) is 13.6 Å². The molecule has 2 fully saturated rings.